The number of hydrogen-bond donors (Lipinski definition) is 0. The highest BCUT2D eigenvalue weighted by molar-refractivity contribution is 9.09. The molecular weight excluding hydrogens is 294 g/mol. The molecule has 0 atom stereocenters. The molecule has 0 fully saturated rings. The molecule has 1 aromatic carbocycles. The second-order valence-electron chi connectivity index (χ2n) is 3.99. The number of hydrogen-bond acceptors (Lipinski definition) is 3. The third-order valence-corrected chi connectivity index (χ3v) is 3.30. The summed E-state index contributed by atoms with van der Waals surface area (Å²) in [7, 11) is 0. The first-order valence-corrected chi connectivity index (χ1v) is 6.94. The van der Waals surface area contributed by atoms with Gasteiger partial charge in [-0.1, -0.05) is 39.9 Å². The quantitative estimate of drug-likeness (QED) is 0.630. The Kier molecular flexibility index (Phi) is 4.25. The van der Waals surface area contributed by atoms with Crippen molar-refractivity contribution in [3.8, 4) is 0 Å². The van der Waals surface area contributed by atoms with E-state index in [1.807, 2.05) is 12.1 Å². The van der Waals surface area contributed by atoms with Gasteiger partial charge in [0.1, 0.15) is 5.52 Å². The number of nitrogens with zero attached hydrogens (tertiary/aromatic N) is 3. The average molecular weight is 308 g/mol. The molecule has 0 radical (unpaired) electrons. The van der Waals surface area contributed by atoms with Crippen molar-refractivity contribution in [3.63, 3.8) is 0 Å². The third kappa shape index (κ3) is 2.67. The molecule has 0 aliphatic rings. The van der Waals surface area contributed by atoms with Crippen molar-refractivity contribution in [2.24, 2.45) is 0 Å². The third-order valence-electron chi connectivity index (χ3n) is 2.74. The Hall–Kier alpha value is -1.49. The Morgan fingerprint density at radius 2 is 2.22 bits per heavy atom. The second-order valence-corrected chi connectivity index (χ2v) is 4.79. The fourth-order valence-electron chi connectivity index (χ4n) is 1.72. The zero-order chi connectivity index (χ0) is 13.0. The monoisotopic (exact) mass is 307 g/mol. The Morgan fingerprint density at radius 3 is 2.94 bits per heavy atom. The predicted octanol–water partition coefficient (Wildman–Crippen LogP) is 2.61. The van der Waals surface area contributed by atoms with E-state index < -0.39 is 0 Å². The zero-order valence-corrected chi connectivity index (χ0v) is 11.6. The molecule has 0 spiro atoms. The number of benzene rings is 1. The molecule has 1 heterocycles. The fraction of sp³-hybridized carbons (Fsp3) is 0.308. The van der Waals surface area contributed by atoms with E-state index in [0.717, 1.165) is 23.7 Å². The number of rotatable bonds is 5. The number of fused-ring (bicyclic) bond motifs is 1. The maximum absolute atomic E-state index is 12.1. The van der Waals surface area contributed by atoms with Crippen LogP contribution in [0.3, 0.4) is 0 Å². The highest BCUT2D eigenvalue weighted by Gasteiger charge is 2.05. The van der Waals surface area contributed by atoms with Crippen LogP contribution in [0.5, 0.6) is 0 Å². The molecule has 0 aliphatic carbocycles. The summed E-state index contributed by atoms with van der Waals surface area (Å²) < 4.78 is 1.43. The van der Waals surface area contributed by atoms with Gasteiger partial charge in [-0.2, -0.15) is 0 Å². The van der Waals surface area contributed by atoms with E-state index in [4.69, 9.17) is 0 Å². The average Bonchev–Trinajstić information content (AvgIpc) is 2.41. The van der Waals surface area contributed by atoms with Crippen LogP contribution >= 0.6 is 15.9 Å². The summed E-state index contributed by atoms with van der Waals surface area (Å²) in [6.07, 6.45) is 3.65. The smallest absolute Gasteiger partial charge is 0.267 e. The largest absolute Gasteiger partial charge is 0.277 e. The van der Waals surface area contributed by atoms with Crippen LogP contribution in [0.2, 0.25) is 0 Å². The van der Waals surface area contributed by atoms with Gasteiger partial charge in [0.2, 0.25) is 0 Å². The van der Waals surface area contributed by atoms with Crippen molar-refractivity contribution in [1.82, 2.24) is 15.0 Å². The van der Waals surface area contributed by atoms with E-state index in [2.05, 4.69) is 32.8 Å². The van der Waals surface area contributed by atoms with Gasteiger partial charge in [0.05, 0.1) is 5.39 Å². The van der Waals surface area contributed by atoms with Gasteiger partial charge in [-0.25, -0.2) is 4.68 Å². The van der Waals surface area contributed by atoms with Crippen LogP contribution in [0.4, 0.5) is 0 Å². The van der Waals surface area contributed by atoms with E-state index in [1.54, 1.807) is 12.1 Å². The molecule has 0 N–H and O–H groups in total. The van der Waals surface area contributed by atoms with Gasteiger partial charge < -0.3 is 0 Å². The molecule has 0 saturated heterocycles. The summed E-state index contributed by atoms with van der Waals surface area (Å²) in [6.45, 7) is 4.30. The lowest BCUT2D eigenvalue weighted by Gasteiger charge is -2.04. The maximum Gasteiger partial charge on any atom is 0.277 e. The molecule has 18 heavy (non-hydrogen) atoms. The maximum atomic E-state index is 12.1. The predicted molar refractivity (Wildman–Crippen MR) is 76.9 cm³/mol. The van der Waals surface area contributed by atoms with Crippen molar-refractivity contribution >= 4 is 32.9 Å². The molecule has 1 aromatic heterocycles. The highest BCUT2D eigenvalue weighted by atomic mass is 79.9. The van der Waals surface area contributed by atoms with Crippen LogP contribution in [0, 0.1) is 0 Å². The minimum absolute atomic E-state index is 0.0785. The van der Waals surface area contributed by atoms with Gasteiger partial charge in [0, 0.05) is 11.9 Å². The molecule has 0 amide bonds. The molecule has 0 aliphatic heterocycles. The molecule has 0 bridgehead atoms. The lowest BCUT2D eigenvalue weighted by Crippen LogP contribution is -2.24. The van der Waals surface area contributed by atoms with Gasteiger partial charge in [-0.3, -0.25) is 4.79 Å². The number of alkyl halides is 1. The zero-order valence-electron chi connectivity index (χ0n) is 9.97. The Morgan fingerprint density at radius 1 is 1.39 bits per heavy atom. The molecule has 2 aromatic rings. The first kappa shape index (κ1) is 13.0. The van der Waals surface area contributed by atoms with Gasteiger partial charge in [0.15, 0.2) is 0 Å². The normalized spacial score (nSPS) is 10.7. The van der Waals surface area contributed by atoms with Crippen molar-refractivity contribution in [1.29, 1.82) is 0 Å². The van der Waals surface area contributed by atoms with Crippen LogP contribution in [0.1, 0.15) is 18.4 Å². The Balaban J connectivity index is 2.38. The van der Waals surface area contributed by atoms with Gasteiger partial charge in [0.25, 0.3) is 5.56 Å². The molecule has 0 unspecified atom stereocenters. The van der Waals surface area contributed by atoms with E-state index in [-0.39, 0.29) is 5.56 Å². The fourth-order valence-corrected chi connectivity index (χ4v) is 2.12. The lowest BCUT2D eigenvalue weighted by molar-refractivity contribution is 0.522. The number of unbranched alkanes of at least 4 members (excludes halogenated alkanes) is 1. The number of aryl methyl sites for hydroxylation is 1. The summed E-state index contributed by atoms with van der Waals surface area (Å²) in [4.78, 5) is 12.1. The number of aromatic nitrogens is 3. The van der Waals surface area contributed by atoms with Crippen LogP contribution in [0.25, 0.3) is 17.0 Å². The van der Waals surface area contributed by atoms with Gasteiger partial charge >= 0.3 is 0 Å². The van der Waals surface area contributed by atoms with Crippen molar-refractivity contribution in [2.45, 2.75) is 19.4 Å². The van der Waals surface area contributed by atoms with Crippen molar-refractivity contribution < 1.29 is 0 Å². The molecule has 94 valence electrons. The summed E-state index contributed by atoms with van der Waals surface area (Å²) in [5.74, 6) is 0. The van der Waals surface area contributed by atoms with Crippen molar-refractivity contribution in [3.05, 3.63) is 40.7 Å². The Labute approximate surface area is 113 Å². The lowest BCUT2D eigenvalue weighted by atomic mass is 10.1. The molecule has 2 rings (SSSR count). The van der Waals surface area contributed by atoms with Crippen LogP contribution in [-0.4, -0.2) is 20.3 Å². The van der Waals surface area contributed by atoms with E-state index in [9.17, 15) is 4.79 Å². The number of halogens is 1. The highest BCUT2D eigenvalue weighted by Crippen LogP contribution is 2.10. The first-order valence-electron chi connectivity index (χ1n) is 5.82. The van der Waals surface area contributed by atoms with E-state index in [0.29, 0.717) is 17.4 Å². The van der Waals surface area contributed by atoms with Gasteiger partial charge in [-0.05, 0) is 30.5 Å². The van der Waals surface area contributed by atoms with E-state index >= 15 is 0 Å². The SMILES string of the molecule is C=Cc1ccc2c(=O)n(CCCCBr)nnc2c1. The minimum Gasteiger partial charge on any atom is -0.267 e. The minimum atomic E-state index is -0.0785. The summed E-state index contributed by atoms with van der Waals surface area (Å²) in [5, 5.41) is 9.58. The van der Waals surface area contributed by atoms with Crippen LogP contribution in [0.15, 0.2) is 29.6 Å². The van der Waals surface area contributed by atoms with E-state index in [1.165, 1.54) is 4.68 Å². The van der Waals surface area contributed by atoms with Gasteiger partial charge in [-0.15, -0.1) is 5.10 Å². The summed E-state index contributed by atoms with van der Waals surface area (Å²) in [5.41, 5.74) is 1.48. The van der Waals surface area contributed by atoms with Crippen LogP contribution in [-0.2, 0) is 6.54 Å². The first-order chi connectivity index (χ1) is 8.76. The van der Waals surface area contributed by atoms with Crippen LogP contribution < -0.4 is 5.56 Å². The Bertz CT molecular complexity index is 621. The standard InChI is InChI=1S/C13H14BrN3O/c1-2-10-5-6-11-12(9-10)15-16-17(13(11)18)8-4-3-7-14/h2,5-6,9H,1,3-4,7-8H2. The molecule has 0 saturated carbocycles. The van der Waals surface area contributed by atoms with Crippen molar-refractivity contribution in [2.75, 3.05) is 5.33 Å². The topological polar surface area (TPSA) is 47.8 Å². The molecular formula is C13H14BrN3O. The molecule has 5 heteroatoms. The summed E-state index contributed by atoms with van der Waals surface area (Å²) >= 11 is 3.36. The molecule has 4 nitrogen and oxygen atoms in total. The summed E-state index contributed by atoms with van der Waals surface area (Å²) in [6, 6.07) is 5.46. The second kappa shape index (κ2) is 5.91.